The number of halogens is 4. The molecule has 0 radical (unpaired) electrons. The van der Waals surface area contributed by atoms with Gasteiger partial charge in [-0.1, -0.05) is 23.7 Å². The van der Waals surface area contributed by atoms with E-state index in [4.69, 9.17) is 11.6 Å². The normalized spacial score (nSPS) is 10.8. The van der Waals surface area contributed by atoms with Crippen LogP contribution in [0.5, 0.6) is 0 Å². The summed E-state index contributed by atoms with van der Waals surface area (Å²) in [7, 11) is 0. The van der Waals surface area contributed by atoms with Crippen molar-refractivity contribution in [3.05, 3.63) is 70.2 Å². The molecule has 0 unspecified atom stereocenters. The number of hydrogen-bond acceptors (Lipinski definition) is 3. The Kier molecular flexibility index (Phi) is 5.83. The van der Waals surface area contributed by atoms with Crippen LogP contribution in [0.2, 0.25) is 5.02 Å². The highest BCUT2D eigenvalue weighted by molar-refractivity contribution is 6.34. The maximum Gasteiger partial charge on any atom is 0.416 e. The summed E-state index contributed by atoms with van der Waals surface area (Å²) in [5.41, 5.74) is 2.90. The predicted octanol–water partition coefficient (Wildman–Crippen LogP) is 3.14. The molecule has 6 nitrogen and oxygen atoms in total. The number of hydrogen-bond donors (Lipinski definition) is 3. The Morgan fingerprint density at radius 3 is 2.04 bits per heavy atom. The molecule has 2 aromatic rings. The monoisotopic (exact) mass is 385 g/mol. The minimum absolute atomic E-state index is 0.0541. The van der Waals surface area contributed by atoms with Crippen molar-refractivity contribution in [3.63, 3.8) is 0 Å². The number of hydrazine groups is 1. The van der Waals surface area contributed by atoms with E-state index in [1.54, 1.807) is 12.1 Å². The number of imide groups is 1. The highest BCUT2D eigenvalue weighted by Gasteiger charge is 2.30. The lowest BCUT2D eigenvalue weighted by molar-refractivity contribution is -0.137. The van der Waals surface area contributed by atoms with Gasteiger partial charge in [0.1, 0.15) is 0 Å². The predicted molar refractivity (Wildman–Crippen MR) is 86.4 cm³/mol. The first kappa shape index (κ1) is 19.3. The average Bonchev–Trinajstić information content (AvgIpc) is 2.59. The van der Waals surface area contributed by atoms with Gasteiger partial charge in [0.25, 0.3) is 11.8 Å². The van der Waals surface area contributed by atoms with Crippen LogP contribution in [0.1, 0.15) is 26.3 Å². The topological polar surface area (TPSA) is 87.3 Å². The third kappa shape index (κ3) is 4.96. The van der Waals surface area contributed by atoms with Gasteiger partial charge in [-0.3, -0.25) is 20.3 Å². The number of benzene rings is 2. The quantitative estimate of drug-likeness (QED) is 0.694. The van der Waals surface area contributed by atoms with E-state index in [-0.39, 0.29) is 16.1 Å². The molecule has 0 aliphatic heterocycles. The SMILES string of the molecule is O=C(NNC(=O)c1ccc(C(F)(F)F)cc1)NC(=O)c1ccccc1Cl. The second-order valence-corrected chi connectivity index (χ2v) is 5.32. The summed E-state index contributed by atoms with van der Waals surface area (Å²) >= 11 is 5.81. The Labute approximate surface area is 150 Å². The molecule has 0 spiro atoms. The van der Waals surface area contributed by atoms with Gasteiger partial charge in [0.2, 0.25) is 0 Å². The molecule has 0 aliphatic rings. The zero-order chi connectivity index (χ0) is 19.3. The van der Waals surface area contributed by atoms with E-state index in [2.05, 4.69) is 0 Å². The van der Waals surface area contributed by atoms with Crippen molar-refractivity contribution < 1.29 is 27.6 Å². The lowest BCUT2D eigenvalue weighted by Crippen LogP contribution is -2.48. The summed E-state index contributed by atoms with van der Waals surface area (Å²) < 4.78 is 37.4. The van der Waals surface area contributed by atoms with Crippen LogP contribution in [0, 0.1) is 0 Å². The van der Waals surface area contributed by atoms with Gasteiger partial charge in [-0.05, 0) is 36.4 Å². The molecule has 0 saturated heterocycles. The van der Waals surface area contributed by atoms with Gasteiger partial charge in [0, 0.05) is 5.56 Å². The van der Waals surface area contributed by atoms with Crippen LogP contribution in [0.3, 0.4) is 0 Å². The Balaban J connectivity index is 1.90. The van der Waals surface area contributed by atoms with E-state index in [0.29, 0.717) is 0 Å². The third-order valence-corrected chi connectivity index (χ3v) is 3.44. The fourth-order valence-corrected chi connectivity index (χ4v) is 2.06. The molecule has 0 atom stereocenters. The zero-order valence-corrected chi connectivity index (χ0v) is 13.6. The maximum absolute atomic E-state index is 12.5. The fraction of sp³-hybridized carbons (Fsp3) is 0.0625. The number of nitrogens with one attached hydrogen (secondary N) is 3. The largest absolute Gasteiger partial charge is 0.416 e. The molecular formula is C16H11ClF3N3O3. The molecule has 3 N–H and O–H groups in total. The van der Waals surface area contributed by atoms with Crippen molar-refractivity contribution >= 4 is 29.4 Å². The molecule has 2 aromatic carbocycles. The minimum atomic E-state index is -4.52. The van der Waals surface area contributed by atoms with Crippen LogP contribution in [-0.2, 0) is 6.18 Å². The van der Waals surface area contributed by atoms with Crippen LogP contribution >= 0.6 is 11.6 Å². The van der Waals surface area contributed by atoms with Gasteiger partial charge < -0.3 is 0 Å². The van der Waals surface area contributed by atoms with Gasteiger partial charge >= 0.3 is 12.2 Å². The van der Waals surface area contributed by atoms with E-state index >= 15 is 0 Å². The summed E-state index contributed by atoms with van der Waals surface area (Å²) in [6.07, 6.45) is -4.52. The number of amides is 4. The van der Waals surface area contributed by atoms with Gasteiger partial charge in [-0.15, -0.1) is 0 Å². The van der Waals surface area contributed by atoms with Crippen LogP contribution < -0.4 is 16.2 Å². The number of alkyl halides is 3. The molecule has 0 aromatic heterocycles. The standard InChI is InChI=1S/C16H11ClF3N3O3/c17-12-4-2-1-3-11(12)14(25)21-15(26)23-22-13(24)9-5-7-10(8-6-9)16(18,19)20/h1-8H,(H,22,24)(H2,21,23,25,26). The lowest BCUT2D eigenvalue weighted by atomic mass is 10.1. The van der Waals surface area contributed by atoms with Crippen molar-refractivity contribution in [2.24, 2.45) is 0 Å². The second-order valence-electron chi connectivity index (χ2n) is 4.92. The van der Waals surface area contributed by atoms with Crippen molar-refractivity contribution in [2.45, 2.75) is 6.18 Å². The maximum atomic E-state index is 12.5. The molecule has 136 valence electrons. The van der Waals surface area contributed by atoms with Crippen LogP contribution in [0.25, 0.3) is 0 Å². The van der Waals surface area contributed by atoms with Gasteiger partial charge in [-0.25, -0.2) is 10.2 Å². The lowest BCUT2D eigenvalue weighted by Gasteiger charge is -2.10. The Bertz CT molecular complexity index is 839. The Hall–Kier alpha value is -3.07. The Morgan fingerprint density at radius 2 is 1.46 bits per heavy atom. The smallest absolute Gasteiger partial charge is 0.273 e. The molecule has 0 heterocycles. The first-order valence-electron chi connectivity index (χ1n) is 7.02. The average molecular weight is 386 g/mol. The third-order valence-electron chi connectivity index (χ3n) is 3.11. The van der Waals surface area contributed by atoms with Gasteiger partial charge in [0.15, 0.2) is 0 Å². The first-order chi connectivity index (χ1) is 12.2. The van der Waals surface area contributed by atoms with E-state index < -0.39 is 29.6 Å². The minimum Gasteiger partial charge on any atom is -0.273 e. The summed E-state index contributed by atoms with van der Waals surface area (Å²) in [4.78, 5) is 35.2. The van der Waals surface area contributed by atoms with Crippen molar-refractivity contribution in [1.29, 1.82) is 0 Å². The highest BCUT2D eigenvalue weighted by atomic mass is 35.5. The van der Waals surface area contributed by atoms with E-state index in [1.807, 2.05) is 16.2 Å². The summed E-state index contributed by atoms with van der Waals surface area (Å²) in [6, 6.07) is 8.32. The number of rotatable bonds is 2. The molecule has 0 fully saturated rings. The van der Waals surface area contributed by atoms with Crippen LogP contribution in [0.4, 0.5) is 18.0 Å². The molecule has 0 saturated carbocycles. The molecule has 2 rings (SSSR count). The second kappa shape index (κ2) is 7.87. The van der Waals surface area contributed by atoms with Crippen molar-refractivity contribution in [1.82, 2.24) is 16.2 Å². The first-order valence-corrected chi connectivity index (χ1v) is 7.39. The zero-order valence-electron chi connectivity index (χ0n) is 12.9. The van der Waals surface area contributed by atoms with Crippen LogP contribution in [0.15, 0.2) is 48.5 Å². The molecule has 0 bridgehead atoms. The van der Waals surface area contributed by atoms with Gasteiger partial charge in [0.05, 0.1) is 16.1 Å². The molecule has 4 amide bonds. The van der Waals surface area contributed by atoms with Gasteiger partial charge in [-0.2, -0.15) is 13.2 Å². The highest BCUT2D eigenvalue weighted by Crippen LogP contribution is 2.29. The molecule has 10 heteroatoms. The summed E-state index contributed by atoms with van der Waals surface area (Å²) in [5.74, 6) is -1.66. The van der Waals surface area contributed by atoms with E-state index in [1.165, 1.54) is 12.1 Å². The molecular weight excluding hydrogens is 375 g/mol. The fourth-order valence-electron chi connectivity index (χ4n) is 1.84. The summed E-state index contributed by atoms with van der Waals surface area (Å²) in [6.45, 7) is 0. The van der Waals surface area contributed by atoms with E-state index in [0.717, 1.165) is 24.3 Å². The number of urea groups is 1. The Morgan fingerprint density at radius 1 is 0.846 bits per heavy atom. The van der Waals surface area contributed by atoms with E-state index in [9.17, 15) is 27.6 Å². The van der Waals surface area contributed by atoms with Crippen molar-refractivity contribution in [2.75, 3.05) is 0 Å². The van der Waals surface area contributed by atoms with Crippen LogP contribution in [-0.4, -0.2) is 17.8 Å². The molecule has 26 heavy (non-hydrogen) atoms. The number of carbonyl (C=O) groups excluding carboxylic acids is 3. The molecule has 0 aliphatic carbocycles. The summed E-state index contributed by atoms with van der Waals surface area (Å²) in [5, 5.41) is 2.07. The van der Waals surface area contributed by atoms with Crippen molar-refractivity contribution in [3.8, 4) is 0 Å². The number of carbonyl (C=O) groups is 3.